The first-order valence-electron chi connectivity index (χ1n) is 7.52. The highest BCUT2D eigenvalue weighted by atomic mass is 16.5. The van der Waals surface area contributed by atoms with Gasteiger partial charge in [-0.3, -0.25) is 9.59 Å². The van der Waals surface area contributed by atoms with Crippen LogP contribution in [0.3, 0.4) is 0 Å². The summed E-state index contributed by atoms with van der Waals surface area (Å²) in [7, 11) is 0. The Kier molecular flexibility index (Phi) is 7.69. The van der Waals surface area contributed by atoms with Crippen molar-refractivity contribution in [3.05, 3.63) is 35.9 Å². The standard InChI is InChI=1S/C17H25NO3/c1-4-21-16(19)12-15(18-11-10-13(2)3)17(20)14-8-6-5-7-9-14/h5-9,13,15,18H,4,10-12H2,1-3H3. The first-order valence-corrected chi connectivity index (χ1v) is 7.52. The second kappa shape index (κ2) is 9.29. The lowest BCUT2D eigenvalue weighted by Gasteiger charge is -2.17. The molecule has 0 fully saturated rings. The smallest absolute Gasteiger partial charge is 0.307 e. The van der Waals surface area contributed by atoms with Gasteiger partial charge in [0.05, 0.1) is 19.1 Å². The largest absolute Gasteiger partial charge is 0.466 e. The maximum Gasteiger partial charge on any atom is 0.307 e. The van der Waals surface area contributed by atoms with Crippen LogP contribution in [0.2, 0.25) is 0 Å². The second-order valence-corrected chi connectivity index (χ2v) is 5.43. The lowest BCUT2D eigenvalue weighted by molar-refractivity contribution is -0.143. The number of ether oxygens (including phenoxy) is 1. The molecule has 0 amide bonds. The van der Waals surface area contributed by atoms with Gasteiger partial charge in [-0.1, -0.05) is 44.2 Å². The number of carbonyl (C=O) groups excluding carboxylic acids is 2. The number of hydrogen-bond donors (Lipinski definition) is 1. The summed E-state index contributed by atoms with van der Waals surface area (Å²) in [5.41, 5.74) is 0.615. The highest BCUT2D eigenvalue weighted by molar-refractivity contribution is 6.01. The van der Waals surface area contributed by atoms with Crippen molar-refractivity contribution in [1.82, 2.24) is 5.32 Å². The van der Waals surface area contributed by atoms with E-state index in [0.717, 1.165) is 6.42 Å². The van der Waals surface area contributed by atoms with Crippen molar-refractivity contribution in [3.63, 3.8) is 0 Å². The summed E-state index contributed by atoms with van der Waals surface area (Å²) < 4.78 is 4.95. The molecule has 1 rings (SSSR count). The Morgan fingerprint density at radius 3 is 2.43 bits per heavy atom. The molecule has 0 aliphatic rings. The molecule has 4 heteroatoms. The Bertz CT molecular complexity index is 443. The fraction of sp³-hybridized carbons (Fsp3) is 0.529. The van der Waals surface area contributed by atoms with Crippen LogP contribution in [0.25, 0.3) is 0 Å². The third-order valence-corrected chi connectivity index (χ3v) is 3.16. The Morgan fingerprint density at radius 2 is 1.86 bits per heavy atom. The molecule has 0 aliphatic heterocycles. The molecule has 0 saturated heterocycles. The predicted octanol–water partition coefficient (Wildman–Crippen LogP) is 2.83. The molecule has 0 aliphatic carbocycles. The van der Waals surface area contributed by atoms with Crippen molar-refractivity contribution in [2.75, 3.05) is 13.2 Å². The van der Waals surface area contributed by atoms with E-state index >= 15 is 0 Å². The van der Waals surface area contributed by atoms with Crippen molar-refractivity contribution < 1.29 is 14.3 Å². The Hall–Kier alpha value is -1.68. The molecule has 4 nitrogen and oxygen atoms in total. The molecule has 0 aromatic heterocycles. The monoisotopic (exact) mass is 291 g/mol. The molecule has 0 saturated carbocycles. The summed E-state index contributed by atoms with van der Waals surface area (Å²) in [5.74, 6) is 0.142. The van der Waals surface area contributed by atoms with E-state index in [1.54, 1.807) is 19.1 Å². The van der Waals surface area contributed by atoms with Gasteiger partial charge in [0.1, 0.15) is 0 Å². The van der Waals surface area contributed by atoms with Crippen LogP contribution in [0.1, 0.15) is 44.0 Å². The zero-order valence-electron chi connectivity index (χ0n) is 13.1. The minimum atomic E-state index is -0.523. The van der Waals surface area contributed by atoms with Crippen molar-refractivity contribution >= 4 is 11.8 Å². The van der Waals surface area contributed by atoms with Crippen LogP contribution in [0.4, 0.5) is 0 Å². The molecule has 0 bridgehead atoms. The van der Waals surface area contributed by atoms with Crippen LogP contribution in [0.15, 0.2) is 30.3 Å². The van der Waals surface area contributed by atoms with E-state index in [-0.39, 0.29) is 18.2 Å². The number of rotatable bonds is 9. The second-order valence-electron chi connectivity index (χ2n) is 5.43. The lowest BCUT2D eigenvalue weighted by atomic mass is 10.0. The van der Waals surface area contributed by atoms with Crippen LogP contribution in [0.5, 0.6) is 0 Å². The van der Waals surface area contributed by atoms with Crippen molar-refractivity contribution in [1.29, 1.82) is 0 Å². The van der Waals surface area contributed by atoms with Gasteiger partial charge in [0.2, 0.25) is 0 Å². The number of carbonyl (C=O) groups is 2. The molecule has 1 atom stereocenters. The van der Waals surface area contributed by atoms with Gasteiger partial charge in [-0.15, -0.1) is 0 Å². The summed E-state index contributed by atoms with van der Waals surface area (Å²) in [4.78, 5) is 24.2. The van der Waals surface area contributed by atoms with E-state index in [1.165, 1.54) is 0 Å². The number of benzene rings is 1. The predicted molar refractivity (Wildman–Crippen MR) is 83.3 cm³/mol. The average molecular weight is 291 g/mol. The molecule has 1 unspecified atom stereocenters. The molecule has 1 aromatic carbocycles. The number of ketones is 1. The Balaban J connectivity index is 2.70. The minimum Gasteiger partial charge on any atom is -0.466 e. The van der Waals surface area contributed by atoms with Gasteiger partial charge in [-0.25, -0.2) is 0 Å². The maximum atomic E-state index is 12.5. The van der Waals surface area contributed by atoms with Gasteiger partial charge in [0.15, 0.2) is 5.78 Å². The molecular formula is C17H25NO3. The van der Waals surface area contributed by atoms with Gasteiger partial charge < -0.3 is 10.1 Å². The average Bonchev–Trinajstić information content (AvgIpc) is 2.46. The number of nitrogens with one attached hydrogen (secondary N) is 1. The summed E-state index contributed by atoms with van der Waals surface area (Å²) in [6, 6.07) is 8.52. The quantitative estimate of drug-likeness (QED) is 0.561. The molecule has 116 valence electrons. The normalized spacial score (nSPS) is 12.2. The molecule has 0 spiro atoms. The van der Waals surface area contributed by atoms with E-state index in [9.17, 15) is 9.59 Å². The van der Waals surface area contributed by atoms with Gasteiger partial charge in [0, 0.05) is 5.56 Å². The van der Waals surface area contributed by atoms with Gasteiger partial charge in [-0.05, 0) is 25.8 Å². The van der Waals surface area contributed by atoms with Gasteiger partial charge >= 0.3 is 5.97 Å². The lowest BCUT2D eigenvalue weighted by Crippen LogP contribution is -2.40. The number of Topliss-reactive ketones (excluding diaryl/α,β-unsaturated/α-hetero) is 1. The van der Waals surface area contributed by atoms with Crippen molar-refractivity contribution in [2.24, 2.45) is 5.92 Å². The van der Waals surface area contributed by atoms with Crippen LogP contribution < -0.4 is 5.32 Å². The van der Waals surface area contributed by atoms with E-state index in [1.807, 2.05) is 18.2 Å². The van der Waals surface area contributed by atoms with E-state index in [4.69, 9.17) is 4.74 Å². The van der Waals surface area contributed by atoms with Crippen LogP contribution in [-0.2, 0) is 9.53 Å². The number of hydrogen-bond acceptors (Lipinski definition) is 4. The van der Waals surface area contributed by atoms with Crippen molar-refractivity contribution in [3.8, 4) is 0 Å². The minimum absolute atomic E-state index is 0.0626. The molecule has 1 aromatic rings. The molecule has 0 heterocycles. The van der Waals surface area contributed by atoms with E-state index in [2.05, 4.69) is 19.2 Å². The topological polar surface area (TPSA) is 55.4 Å². The van der Waals surface area contributed by atoms with Crippen LogP contribution in [0, 0.1) is 5.92 Å². The summed E-state index contributed by atoms with van der Waals surface area (Å²) in [6.45, 7) is 7.05. The highest BCUT2D eigenvalue weighted by Gasteiger charge is 2.23. The third kappa shape index (κ3) is 6.54. The summed E-state index contributed by atoms with van der Waals surface area (Å²) in [6.07, 6.45) is 1.03. The molecule has 1 N–H and O–H groups in total. The molecule has 21 heavy (non-hydrogen) atoms. The summed E-state index contributed by atoms with van der Waals surface area (Å²) in [5, 5.41) is 3.19. The fourth-order valence-corrected chi connectivity index (χ4v) is 1.99. The summed E-state index contributed by atoms with van der Waals surface area (Å²) >= 11 is 0. The van der Waals surface area contributed by atoms with Crippen molar-refractivity contribution in [2.45, 2.75) is 39.7 Å². The highest BCUT2D eigenvalue weighted by Crippen LogP contribution is 2.08. The molecule has 0 radical (unpaired) electrons. The first kappa shape index (κ1) is 17.4. The Labute approximate surface area is 126 Å². The van der Waals surface area contributed by atoms with Gasteiger partial charge in [0.25, 0.3) is 0 Å². The number of esters is 1. The van der Waals surface area contributed by atoms with Crippen LogP contribution in [-0.4, -0.2) is 30.9 Å². The maximum absolute atomic E-state index is 12.5. The SMILES string of the molecule is CCOC(=O)CC(NCCC(C)C)C(=O)c1ccccc1. The van der Waals surface area contributed by atoms with E-state index < -0.39 is 6.04 Å². The van der Waals surface area contributed by atoms with Crippen LogP contribution >= 0.6 is 0 Å². The fourth-order valence-electron chi connectivity index (χ4n) is 1.99. The molecular weight excluding hydrogens is 266 g/mol. The van der Waals surface area contributed by atoms with Gasteiger partial charge in [-0.2, -0.15) is 0 Å². The zero-order chi connectivity index (χ0) is 15.7. The van der Waals surface area contributed by atoms with E-state index in [0.29, 0.717) is 24.6 Å². The zero-order valence-corrected chi connectivity index (χ0v) is 13.1. The third-order valence-electron chi connectivity index (χ3n) is 3.16. The Morgan fingerprint density at radius 1 is 1.19 bits per heavy atom. The first-order chi connectivity index (χ1) is 10.0.